The van der Waals surface area contributed by atoms with Crippen LogP contribution in [0.3, 0.4) is 0 Å². The number of anilines is 1. The standard InChI is InChI=1S/C19H20F3NO/c1-17(2)12-18(24,19(20,21)22)16(14-10-6-7-11-15(14)17)23-13-8-4-3-5-9-13/h3-11,16,23-24H,12H2,1-2H3. The molecule has 0 aromatic heterocycles. The van der Waals surface area contributed by atoms with Crippen LogP contribution in [0.25, 0.3) is 0 Å². The van der Waals surface area contributed by atoms with Gasteiger partial charge in [-0.05, 0) is 35.1 Å². The van der Waals surface area contributed by atoms with Crippen molar-refractivity contribution in [3.05, 3.63) is 65.7 Å². The molecule has 0 aliphatic heterocycles. The fraction of sp³-hybridized carbons (Fsp3) is 0.368. The Labute approximate surface area is 139 Å². The van der Waals surface area contributed by atoms with Crippen molar-refractivity contribution in [3.8, 4) is 0 Å². The van der Waals surface area contributed by atoms with Gasteiger partial charge in [0.1, 0.15) is 0 Å². The molecule has 2 aromatic carbocycles. The summed E-state index contributed by atoms with van der Waals surface area (Å²) in [6.45, 7) is 3.47. The second-order valence-corrected chi connectivity index (χ2v) is 7.01. The van der Waals surface area contributed by atoms with Crippen LogP contribution in [0.4, 0.5) is 18.9 Å². The highest BCUT2D eigenvalue weighted by molar-refractivity contribution is 5.51. The Morgan fingerprint density at radius 3 is 2.21 bits per heavy atom. The number of benzene rings is 2. The number of nitrogens with one attached hydrogen (secondary N) is 1. The molecule has 2 nitrogen and oxygen atoms in total. The quantitative estimate of drug-likeness (QED) is 0.825. The Balaban J connectivity index is 2.16. The number of alkyl halides is 3. The van der Waals surface area contributed by atoms with Gasteiger partial charge in [0.25, 0.3) is 0 Å². The highest BCUT2D eigenvalue weighted by Crippen LogP contribution is 2.54. The molecule has 0 heterocycles. The minimum absolute atomic E-state index is 0.398. The molecule has 0 bridgehead atoms. The maximum Gasteiger partial charge on any atom is 0.419 e. The van der Waals surface area contributed by atoms with Gasteiger partial charge in [-0.2, -0.15) is 13.2 Å². The van der Waals surface area contributed by atoms with Crippen LogP contribution in [0.1, 0.15) is 37.4 Å². The smallest absolute Gasteiger partial charge is 0.379 e. The SMILES string of the molecule is CC1(C)CC(O)(C(F)(F)F)C(Nc2ccccc2)c2ccccc21. The van der Waals surface area contributed by atoms with E-state index in [1.807, 2.05) is 12.1 Å². The Kier molecular flexibility index (Phi) is 3.87. The zero-order chi connectivity index (χ0) is 17.6. The highest BCUT2D eigenvalue weighted by Gasteiger charge is 2.63. The number of para-hydroxylation sites is 1. The first kappa shape index (κ1) is 16.8. The molecule has 2 atom stereocenters. The van der Waals surface area contributed by atoms with Gasteiger partial charge in [-0.25, -0.2) is 0 Å². The van der Waals surface area contributed by atoms with Crippen LogP contribution in [-0.2, 0) is 5.41 Å². The fourth-order valence-corrected chi connectivity index (χ4v) is 3.66. The van der Waals surface area contributed by atoms with Crippen LogP contribution < -0.4 is 5.32 Å². The summed E-state index contributed by atoms with van der Waals surface area (Å²) in [4.78, 5) is 0. The molecule has 3 rings (SSSR count). The molecule has 0 saturated heterocycles. The maximum absolute atomic E-state index is 13.8. The van der Waals surface area contributed by atoms with Crippen LogP contribution in [0, 0.1) is 0 Å². The minimum atomic E-state index is -4.75. The Morgan fingerprint density at radius 2 is 1.58 bits per heavy atom. The van der Waals surface area contributed by atoms with Crippen LogP contribution in [0.15, 0.2) is 54.6 Å². The van der Waals surface area contributed by atoms with E-state index in [1.54, 1.807) is 56.3 Å². The van der Waals surface area contributed by atoms with Crippen molar-refractivity contribution in [2.45, 2.75) is 43.5 Å². The van der Waals surface area contributed by atoms with E-state index in [0.717, 1.165) is 5.56 Å². The first-order valence-electron chi connectivity index (χ1n) is 7.85. The molecule has 2 N–H and O–H groups in total. The van der Waals surface area contributed by atoms with E-state index in [2.05, 4.69) is 5.32 Å². The molecule has 24 heavy (non-hydrogen) atoms. The fourth-order valence-electron chi connectivity index (χ4n) is 3.66. The van der Waals surface area contributed by atoms with Crippen LogP contribution >= 0.6 is 0 Å². The van der Waals surface area contributed by atoms with Crippen LogP contribution in [0.5, 0.6) is 0 Å². The second kappa shape index (κ2) is 5.52. The zero-order valence-corrected chi connectivity index (χ0v) is 13.6. The molecule has 0 spiro atoms. The predicted octanol–water partition coefficient (Wildman–Crippen LogP) is 4.81. The molecular weight excluding hydrogens is 315 g/mol. The molecule has 5 heteroatoms. The number of hydrogen-bond acceptors (Lipinski definition) is 2. The summed E-state index contributed by atoms with van der Waals surface area (Å²) in [6.07, 6.45) is -5.14. The highest BCUT2D eigenvalue weighted by atomic mass is 19.4. The predicted molar refractivity (Wildman–Crippen MR) is 87.9 cm³/mol. The lowest BCUT2D eigenvalue weighted by Crippen LogP contribution is -2.58. The van der Waals surface area contributed by atoms with Gasteiger partial charge in [0.05, 0.1) is 6.04 Å². The zero-order valence-electron chi connectivity index (χ0n) is 13.6. The molecule has 0 amide bonds. The van der Waals surface area contributed by atoms with Crippen molar-refractivity contribution in [2.75, 3.05) is 5.32 Å². The van der Waals surface area contributed by atoms with Crippen molar-refractivity contribution in [2.24, 2.45) is 0 Å². The summed E-state index contributed by atoms with van der Waals surface area (Å²) in [5.74, 6) is 0. The molecular formula is C19H20F3NO. The van der Waals surface area contributed by atoms with Gasteiger partial charge in [-0.1, -0.05) is 56.3 Å². The molecule has 0 radical (unpaired) electrons. The summed E-state index contributed by atoms with van der Waals surface area (Å²) in [6, 6.07) is 14.4. The van der Waals surface area contributed by atoms with E-state index in [1.165, 1.54) is 0 Å². The third kappa shape index (κ3) is 2.67. The largest absolute Gasteiger partial charge is 0.419 e. The topological polar surface area (TPSA) is 32.3 Å². The van der Waals surface area contributed by atoms with Crippen LogP contribution in [0.2, 0.25) is 0 Å². The Morgan fingerprint density at radius 1 is 1.00 bits per heavy atom. The summed E-state index contributed by atoms with van der Waals surface area (Å²) in [7, 11) is 0. The molecule has 1 aliphatic rings. The average molecular weight is 335 g/mol. The van der Waals surface area contributed by atoms with E-state index in [9.17, 15) is 18.3 Å². The summed E-state index contributed by atoms with van der Waals surface area (Å²) >= 11 is 0. The molecule has 2 unspecified atom stereocenters. The minimum Gasteiger partial charge on any atom is -0.379 e. The van der Waals surface area contributed by atoms with Gasteiger partial charge in [0, 0.05) is 5.69 Å². The van der Waals surface area contributed by atoms with Gasteiger partial charge in [0.15, 0.2) is 5.60 Å². The lowest BCUT2D eigenvalue weighted by Gasteiger charge is -2.49. The molecule has 1 aliphatic carbocycles. The van der Waals surface area contributed by atoms with Crippen molar-refractivity contribution in [1.29, 1.82) is 0 Å². The third-order valence-corrected chi connectivity index (χ3v) is 4.77. The molecule has 2 aromatic rings. The van der Waals surface area contributed by atoms with E-state index in [-0.39, 0.29) is 0 Å². The number of hydrogen-bond donors (Lipinski definition) is 2. The van der Waals surface area contributed by atoms with Gasteiger partial charge < -0.3 is 10.4 Å². The lowest BCUT2D eigenvalue weighted by molar-refractivity contribution is -0.275. The number of aliphatic hydroxyl groups is 1. The maximum atomic E-state index is 13.8. The molecule has 0 fully saturated rings. The monoisotopic (exact) mass is 335 g/mol. The average Bonchev–Trinajstić information content (AvgIpc) is 2.51. The van der Waals surface area contributed by atoms with Gasteiger partial charge >= 0.3 is 6.18 Å². The Bertz CT molecular complexity index is 727. The van der Waals surface area contributed by atoms with Crippen molar-refractivity contribution in [1.82, 2.24) is 0 Å². The van der Waals surface area contributed by atoms with Gasteiger partial charge in [-0.15, -0.1) is 0 Å². The van der Waals surface area contributed by atoms with Gasteiger partial charge in [-0.3, -0.25) is 0 Å². The molecule has 0 saturated carbocycles. The van der Waals surface area contributed by atoms with Gasteiger partial charge in [0.2, 0.25) is 0 Å². The van der Waals surface area contributed by atoms with E-state index >= 15 is 0 Å². The van der Waals surface area contributed by atoms with Crippen molar-refractivity contribution in [3.63, 3.8) is 0 Å². The Hall–Kier alpha value is -2.01. The number of fused-ring (bicyclic) bond motifs is 1. The van der Waals surface area contributed by atoms with E-state index < -0.39 is 29.7 Å². The van der Waals surface area contributed by atoms with Crippen molar-refractivity contribution < 1.29 is 18.3 Å². The van der Waals surface area contributed by atoms with E-state index in [0.29, 0.717) is 11.3 Å². The van der Waals surface area contributed by atoms with E-state index in [4.69, 9.17) is 0 Å². The van der Waals surface area contributed by atoms with Crippen molar-refractivity contribution >= 4 is 5.69 Å². The number of rotatable bonds is 2. The summed E-state index contributed by atoms with van der Waals surface area (Å²) in [5.41, 5.74) is -1.78. The summed E-state index contributed by atoms with van der Waals surface area (Å²) < 4.78 is 41.5. The first-order chi connectivity index (χ1) is 11.2. The normalized spacial score (nSPS) is 25.8. The lowest BCUT2D eigenvalue weighted by atomic mass is 9.63. The third-order valence-electron chi connectivity index (χ3n) is 4.77. The van der Waals surface area contributed by atoms with Crippen LogP contribution in [-0.4, -0.2) is 16.9 Å². The first-order valence-corrected chi connectivity index (χ1v) is 7.85. The summed E-state index contributed by atoms with van der Waals surface area (Å²) in [5, 5.41) is 13.6. The second-order valence-electron chi connectivity index (χ2n) is 7.01. The number of halogens is 3. The molecule has 128 valence electrons.